The van der Waals surface area contributed by atoms with E-state index in [0.717, 1.165) is 11.8 Å². The fourth-order valence-electron chi connectivity index (χ4n) is 1.23. The number of nitrogen functional groups attached to an aromatic ring is 1. The highest BCUT2D eigenvalue weighted by Gasteiger charge is 2.15. The molecule has 92 valence electrons. The van der Waals surface area contributed by atoms with Crippen LogP contribution in [0.5, 0.6) is 0 Å². The SMILES string of the molecule is Nc1ncc(Br)c(Sc2ccccc2[N+](=O)[O-])n1. The normalized spacial score (nSPS) is 10.3. The van der Waals surface area contributed by atoms with Crippen molar-refractivity contribution in [1.29, 1.82) is 0 Å². The van der Waals surface area contributed by atoms with Gasteiger partial charge in [-0.05, 0) is 22.0 Å². The first-order valence-corrected chi connectivity index (χ1v) is 6.38. The highest BCUT2D eigenvalue weighted by molar-refractivity contribution is 9.10. The first-order chi connectivity index (χ1) is 8.58. The van der Waals surface area contributed by atoms with E-state index in [1.165, 1.54) is 12.3 Å². The molecule has 1 aromatic heterocycles. The number of nitrogens with two attached hydrogens (primary N) is 1. The number of aromatic nitrogens is 2. The average Bonchev–Trinajstić information content (AvgIpc) is 2.34. The van der Waals surface area contributed by atoms with Gasteiger partial charge in [0.25, 0.3) is 5.69 Å². The standard InChI is InChI=1S/C10H7BrN4O2S/c11-6-5-13-10(12)14-9(6)18-8-4-2-1-3-7(8)15(16)17/h1-5H,(H2,12,13,14). The second-order valence-electron chi connectivity index (χ2n) is 3.21. The Hall–Kier alpha value is -1.67. The number of para-hydroxylation sites is 1. The zero-order valence-electron chi connectivity index (χ0n) is 8.91. The average molecular weight is 327 g/mol. The number of halogens is 1. The van der Waals surface area contributed by atoms with Crippen LogP contribution in [0.4, 0.5) is 11.6 Å². The Morgan fingerprint density at radius 2 is 2.11 bits per heavy atom. The zero-order chi connectivity index (χ0) is 13.1. The third kappa shape index (κ3) is 2.77. The summed E-state index contributed by atoms with van der Waals surface area (Å²) in [6.45, 7) is 0. The highest BCUT2D eigenvalue weighted by Crippen LogP contribution is 2.36. The number of nitro groups is 1. The van der Waals surface area contributed by atoms with Crippen LogP contribution in [0.25, 0.3) is 0 Å². The number of benzene rings is 1. The lowest BCUT2D eigenvalue weighted by atomic mass is 10.3. The van der Waals surface area contributed by atoms with E-state index >= 15 is 0 Å². The quantitative estimate of drug-likeness (QED) is 0.529. The summed E-state index contributed by atoms with van der Waals surface area (Å²) in [5, 5.41) is 11.4. The predicted octanol–water partition coefficient (Wildman–Crippen LogP) is 2.88. The second kappa shape index (κ2) is 5.32. The van der Waals surface area contributed by atoms with Gasteiger partial charge in [-0.15, -0.1) is 0 Å². The Balaban J connectivity index is 2.40. The minimum absolute atomic E-state index is 0.0339. The third-order valence-electron chi connectivity index (χ3n) is 2.00. The van der Waals surface area contributed by atoms with Gasteiger partial charge in [0.05, 0.1) is 14.3 Å². The molecule has 0 amide bonds. The fraction of sp³-hybridized carbons (Fsp3) is 0. The van der Waals surface area contributed by atoms with Crippen LogP contribution in [0.15, 0.2) is 44.9 Å². The lowest BCUT2D eigenvalue weighted by molar-refractivity contribution is -0.387. The first-order valence-electron chi connectivity index (χ1n) is 4.77. The minimum Gasteiger partial charge on any atom is -0.368 e. The molecule has 1 aromatic carbocycles. The van der Waals surface area contributed by atoms with Crippen molar-refractivity contribution in [3.05, 3.63) is 45.0 Å². The first kappa shape index (κ1) is 12.8. The molecule has 8 heteroatoms. The van der Waals surface area contributed by atoms with Crippen molar-refractivity contribution < 1.29 is 4.92 Å². The molecule has 2 rings (SSSR count). The molecule has 0 saturated carbocycles. The maximum atomic E-state index is 10.9. The fourth-order valence-corrected chi connectivity index (χ4v) is 2.56. The minimum atomic E-state index is -0.430. The third-order valence-corrected chi connectivity index (χ3v) is 3.91. The van der Waals surface area contributed by atoms with E-state index in [0.29, 0.717) is 14.4 Å². The van der Waals surface area contributed by atoms with Gasteiger partial charge in [0, 0.05) is 12.3 Å². The topological polar surface area (TPSA) is 94.9 Å². The summed E-state index contributed by atoms with van der Waals surface area (Å²) in [5.74, 6) is 0.124. The lowest BCUT2D eigenvalue weighted by Gasteiger charge is -2.04. The number of hydrogen-bond donors (Lipinski definition) is 1. The van der Waals surface area contributed by atoms with E-state index in [1.807, 2.05) is 0 Å². The molecule has 0 aliphatic heterocycles. The van der Waals surface area contributed by atoms with Crippen molar-refractivity contribution in [2.75, 3.05) is 5.73 Å². The highest BCUT2D eigenvalue weighted by atomic mass is 79.9. The van der Waals surface area contributed by atoms with Crippen LogP contribution in [-0.2, 0) is 0 Å². The van der Waals surface area contributed by atoms with Crippen LogP contribution >= 0.6 is 27.7 Å². The zero-order valence-corrected chi connectivity index (χ0v) is 11.3. The summed E-state index contributed by atoms with van der Waals surface area (Å²) in [6.07, 6.45) is 1.51. The van der Waals surface area contributed by atoms with Gasteiger partial charge in [-0.25, -0.2) is 9.97 Å². The Morgan fingerprint density at radius 1 is 1.39 bits per heavy atom. The lowest BCUT2D eigenvalue weighted by Crippen LogP contribution is -1.96. The summed E-state index contributed by atoms with van der Waals surface area (Å²) in [6, 6.07) is 6.45. The van der Waals surface area contributed by atoms with E-state index < -0.39 is 4.92 Å². The molecule has 0 unspecified atom stereocenters. The summed E-state index contributed by atoms with van der Waals surface area (Å²) >= 11 is 4.44. The Kier molecular flexibility index (Phi) is 3.78. The molecule has 0 bridgehead atoms. The Morgan fingerprint density at radius 3 is 2.83 bits per heavy atom. The van der Waals surface area contributed by atoms with E-state index in [9.17, 15) is 10.1 Å². The van der Waals surface area contributed by atoms with E-state index in [1.54, 1.807) is 18.2 Å². The predicted molar refractivity (Wildman–Crippen MR) is 71.4 cm³/mol. The summed E-state index contributed by atoms with van der Waals surface area (Å²) < 4.78 is 0.639. The van der Waals surface area contributed by atoms with Gasteiger partial charge in [0.15, 0.2) is 0 Å². The summed E-state index contributed by atoms with van der Waals surface area (Å²) in [7, 11) is 0. The smallest absolute Gasteiger partial charge is 0.283 e. The number of nitro benzene ring substituents is 1. The van der Waals surface area contributed by atoms with Crippen LogP contribution in [-0.4, -0.2) is 14.9 Å². The van der Waals surface area contributed by atoms with Crippen molar-refractivity contribution in [2.45, 2.75) is 9.92 Å². The van der Waals surface area contributed by atoms with Crippen molar-refractivity contribution in [2.24, 2.45) is 0 Å². The summed E-state index contributed by atoms with van der Waals surface area (Å²) in [4.78, 5) is 18.8. The molecule has 2 N–H and O–H groups in total. The van der Waals surface area contributed by atoms with Crippen molar-refractivity contribution in [3.8, 4) is 0 Å². The van der Waals surface area contributed by atoms with Crippen molar-refractivity contribution >= 4 is 39.3 Å². The van der Waals surface area contributed by atoms with Gasteiger partial charge in [-0.2, -0.15) is 0 Å². The molecule has 0 fully saturated rings. The van der Waals surface area contributed by atoms with Gasteiger partial charge in [-0.3, -0.25) is 10.1 Å². The number of nitrogens with zero attached hydrogens (tertiary/aromatic N) is 3. The van der Waals surface area contributed by atoms with Crippen LogP contribution in [0, 0.1) is 10.1 Å². The second-order valence-corrected chi connectivity index (χ2v) is 5.09. The monoisotopic (exact) mass is 326 g/mol. The molecule has 1 heterocycles. The molecule has 6 nitrogen and oxygen atoms in total. The molecule has 0 aliphatic carbocycles. The van der Waals surface area contributed by atoms with Crippen molar-refractivity contribution in [3.63, 3.8) is 0 Å². The molecule has 0 saturated heterocycles. The summed E-state index contributed by atoms with van der Waals surface area (Å²) in [5.41, 5.74) is 5.52. The van der Waals surface area contributed by atoms with Gasteiger partial charge in [0.2, 0.25) is 5.95 Å². The van der Waals surface area contributed by atoms with E-state index in [4.69, 9.17) is 5.73 Å². The van der Waals surface area contributed by atoms with Gasteiger partial charge in [-0.1, -0.05) is 23.9 Å². The molecular formula is C10H7BrN4O2S. The van der Waals surface area contributed by atoms with Gasteiger partial charge < -0.3 is 5.73 Å². The van der Waals surface area contributed by atoms with E-state index in [2.05, 4.69) is 25.9 Å². The number of hydrogen-bond acceptors (Lipinski definition) is 6. The molecule has 0 spiro atoms. The van der Waals surface area contributed by atoms with Crippen LogP contribution in [0.2, 0.25) is 0 Å². The molecular weight excluding hydrogens is 320 g/mol. The molecule has 0 aliphatic rings. The van der Waals surface area contributed by atoms with Crippen LogP contribution < -0.4 is 5.73 Å². The van der Waals surface area contributed by atoms with E-state index in [-0.39, 0.29) is 11.6 Å². The van der Waals surface area contributed by atoms with Crippen molar-refractivity contribution in [1.82, 2.24) is 9.97 Å². The largest absolute Gasteiger partial charge is 0.368 e. The maximum Gasteiger partial charge on any atom is 0.283 e. The molecule has 18 heavy (non-hydrogen) atoms. The maximum absolute atomic E-state index is 10.9. The Bertz CT molecular complexity index is 608. The van der Waals surface area contributed by atoms with Gasteiger partial charge >= 0.3 is 0 Å². The Labute approximate surface area is 115 Å². The molecule has 0 radical (unpaired) electrons. The van der Waals surface area contributed by atoms with Gasteiger partial charge in [0.1, 0.15) is 5.03 Å². The number of anilines is 1. The van der Waals surface area contributed by atoms with Crippen LogP contribution in [0.1, 0.15) is 0 Å². The molecule has 2 aromatic rings. The number of rotatable bonds is 3. The van der Waals surface area contributed by atoms with Crippen LogP contribution in [0.3, 0.4) is 0 Å². The molecule has 0 atom stereocenters.